The number of piperidine rings is 1. The first-order valence-corrected chi connectivity index (χ1v) is 12.2. The monoisotopic (exact) mass is 441 g/mol. The van der Waals surface area contributed by atoms with Gasteiger partial charge in [-0.1, -0.05) is 36.4 Å². The van der Waals surface area contributed by atoms with Gasteiger partial charge in [-0.3, -0.25) is 4.79 Å². The van der Waals surface area contributed by atoms with Gasteiger partial charge in [-0.05, 0) is 57.6 Å². The number of benzene rings is 1. The maximum Gasteiger partial charge on any atom is 0.308 e. The molecule has 0 aliphatic carbocycles. The highest BCUT2D eigenvalue weighted by molar-refractivity contribution is 7.98. The maximum atomic E-state index is 11.7. The number of aryl methyl sites for hydroxylation is 1. The summed E-state index contributed by atoms with van der Waals surface area (Å²) in [5.41, 5.74) is 9.04. The standard InChI is InChI=1S/C23H31N5O2S/c1-30-22(29)16-10-14-27(15-11-16)12-6-3-7-13-28-20-17-8-4-5-9-18(17)25-21(24)19(20)26-23(28)31-2/h4-5,8-9,16H,3,6-7,10-15H2,1-2H3,(H2,24,25). The average Bonchev–Trinajstić information content (AvgIpc) is 3.18. The summed E-state index contributed by atoms with van der Waals surface area (Å²) in [6, 6.07) is 8.14. The lowest BCUT2D eigenvalue weighted by atomic mass is 9.97. The van der Waals surface area contributed by atoms with Crippen LogP contribution in [0.25, 0.3) is 21.9 Å². The van der Waals surface area contributed by atoms with Gasteiger partial charge in [-0.15, -0.1) is 0 Å². The molecule has 3 aromatic rings. The number of hydrogen-bond acceptors (Lipinski definition) is 7. The number of methoxy groups -OCH3 is 1. The second kappa shape index (κ2) is 9.87. The molecule has 7 nitrogen and oxygen atoms in total. The van der Waals surface area contributed by atoms with Crippen LogP contribution in [0.3, 0.4) is 0 Å². The molecule has 1 saturated heterocycles. The van der Waals surface area contributed by atoms with Gasteiger partial charge in [0.2, 0.25) is 0 Å². The third kappa shape index (κ3) is 4.65. The SMILES string of the molecule is COC(=O)C1CCN(CCCCCn2c(SC)nc3c(N)nc4ccccc4c32)CC1. The lowest BCUT2D eigenvalue weighted by Crippen LogP contribution is -2.37. The maximum absolute atomic E-state index is 11.7. The third-order valence-corrected chi connectivity index (χ3v) is 6.91. The number of nitrogens with zero attached hydrogens (tertiary/aromatic N) is 4. The number of fused-ring (bicyclic) bond motifs is 3. The Bertz CT molecular complexity index is 1060. The fourth-order valence-corrected chi connectivity index (χ4v) is 5.13. The summed E-state index contributed by atoms with van der Waals surface area (Å²) in [6.45, 7) is 3.99. The number of rotatable bonds is 8. The van der Waals surface area contributed by atoms with Crippen LogP contribution in [0, 0.1) is 5.92 Å². The highest BCUT2D eigenvalue weighted by atomic mass is 32.2. The molecule has 0 unspecified atom stereocenters. The molecule has 31 heavy (non-hydrogen) atoms. The van der Waals surface area contributed by atoms with Crippen molar-refractivity contribution in [2.24, 2.45) is 5.92 Å². The van der Waals surface area contributed by atoms with E-state index < -0.39 is 0 Å². The Kier molecular flexibility index (Phi) is 6.97. The largest absolute Gasteiger partial charge is 0.469 e. The predicted molar refractivity (Wildman–Crippen MR) is 126 cm³/mol. The number of esters is 1. The minimum atomic E-state index is -0.0554. The van der Waals surface area contributed by atoms with Gasteiger partial charge in [0.05, 0.1) is 24.1 Å². The molecule has 0 amide bonds. The van der Waals surface area contributed by atoms with Gasteiger partial charge in [0.15, 0.2) is 11.0 Å². The number of likely N-dealkylation sites (tertiary alicyclic amines) is 1. The number of carbonyl (C=O) groups excluding carboxylic acids is 1. The zero-order chi connectivity index (χ0) is 21.8. The molecule has 1 fully saturated rings. The zero-order valence-electron chi connectivity index (χ0n) is 18.3. The van der Waals surface area contributed by atoms with Crippen molar-refractivity contribution in [1.29, 1.82) is 0 Å². The number of unbranched alkanes of at least 4 members (excludes halogenated alkanes) is 2. The van der Waals surface area contributed by atoms with Gasteiger partial charge in [0.1, 0.15) is 5.52 Å². The minimum absolute atomic E-state index is 0.0554. The summed E-state index contributed by atoms with van der Waals surface area (Å²) >= 11 is 1.65. The third-order valence-electron chi connectivity index (χ3n) is 6.24. The van der Waals surface area contributed by atoms with Gasteiger partial charge >= 0.3 is 5.97 Å². The van der Waals surface area contributed by atoms with E-state index in [9.17, 15) is 4.79 Å². The van der Waals surface area contributed by atoms with E-state index in [1.54, 1.807) is 11.8 Å². The Morgan fingerprint density at radius 3 is 2.65 bits per heavy atom. The summed E-state index contributed by atoms with van der Waals surface area (Å²) in [5, 5.41) is 2.10. The first kappa shape index (κ1) is 21.9. The zero-order valence-corrected chi connectivity index (χ0v) is 19.2. The molecular formula is C23H31N5O2S. The Hall–Kier alpha value is -2.32. The topological polar surface area (TPSA) is 86.3 Å². The summed E-state index contributed by atoms with van der Waals surface area (Å²) in [7, 11) is 1.48. The number of imidazole rings is 1. The van der Waals surface area contributed by atoms with Crippen molar-refractivity contribution in [1.82, 2.24) is 19.4 Å². The fourth-order valence-electron chi connectivity index (χ4n) is 4.54. The molecule has 1 aromatic carbocycles. The van der Waals surface area contributed by atoms with E-state index in [2.05, 4.69) is 26.8 Å². The molecule has 2 N–H and O–H groups in total. The molecule has 0 spiro atoms. The Morgan fingerprint density at radius 2 is 1.90 bits per heavy atom. The van der Waals surface area contributed by atoms with Crippen LogP contribution >= 0.6 is 11.8 Å². The molecule has 2 aromatic heterocycles. The molecule has 166 valence electrons. The molecule has 8 heteroatoms. The van der Waals surface area contributed by atoms with Gasteiger partial charge < -0.3 is 19.9 Å². The second-order valence-electron chi connectivity index (χ2n) is 8.16. The van der Waals surface area contributed by atoms with E-state index in [1.165, 1.54) is 7.11 Å². The van der Waals surface area contributed by atoms with Crippen molar-refractivity contribution >= 4 is 45.5 Å². The number of pyridine rings is 1. The summed E-state index contributed by atoms with van der Waals surface area (Å²) in [5.74, 6) is 0.524. The number of para-hydroxylation sites is 1. The van der Waals surface area contributed by atoms with Crippen molar-refractivity contribution < 1.29 is 9.53 Å². The minimum Gasteiger partial charge on any atom is -0.469 e. The van der Waals surface area contributed by atoms with E-state index in [0.29, 0.717) is 5.82 Å². The molecule has 0 bridgehead atoms. The number of carbonyl (C=O) groups is 1. The van der Waals surface area contributed by atoms with Crippen molar-refractivity contribution in [3.05, 3.63) is 24.3 Å². The summed E-state index contributed by atoms with van der Waals surface area (Å²) in [4.78, 5) is 23.5. The van der Waals surface area contributed by atoms with Crippen LogP contribution in [-0.4, -0.2) is 58.4 Å². The van der Waals surface area contributed by atoms with Crippen LogP contribution < -0.4 is 5.73 Å². The molecule has 3 heterocycles. The van der Waals surface area contributed by atoms with Crippen LogP contribution in [-0.2, 0) is 16.1 Å². The van der Waals surface area contributed by atoms with E-state index in [1.807, 2.05) is 18.2 Å². The highest BCUT2D eigenvalue weighted by Gasteiger charge is 2.25. The Labute approximate surface area is 187 Å². The highest BCUT2D eigenvalue weighted by Crippen LogP contribution is 2.31. The van der Waals surface area contributed by atoms with Crippen molar-refractivity contribution in [2.75, 3.05) is 38.7 Å². The second-order valence-corrected chi connectivity index (χ2v) is 8.93. The first-order valence-electron chi connectivity index (χ1n) is 11.0. The Balaban J connectivity index is 1.36. The number of hydrogen-bond donors (Lipinski definition) is 1. The lowest BCUT2D eigenvalue weighted by molar-refractivity contribution is -0.147. The van der Waals surface area contributed by atoms with Crippen LogP contribution in [0.4, 0.5) is 5.82 Å². The molecule has 0 radical (unpaired) electrons. The van der Waals surface area contributed by atoms with Gasteiger partial charge in [0.25, 0.3) is 0 Å². The quantitative estimate of drug-likeness (QED) is 0.322. The van der Waals surface area contributed by atoms with E-state index in [-0.39, 0.29) is 11.9 Å². The molecule has 4 rings (SSSR count). The molecular weight excluding hydrogens is 410 g/mol. The molecule has 0 atom stereocenters. The number of thioether (sulfide) groups is 1. The number of ether oxygens (including phenoxy) is 1. The molecule has 0 saturated carbocycles. The van der Waals surface area contributed by atoms with Crippen LogP contribution in [0.2, 0.25) is 0 Å². The molecule has 1 aliphatic heterocycles. The Morgan fingerprint density at radius 1 is 1.16 bits per heavy atom. The number of anilines is 1. The van der Waals surface area contributed by atoms with Gasteiger partial charge in [-0.25, -0.2) is 9.97 Å². The summed E-state index contributed by atoms with van der Waals surface area (Å²) in [6.07, 6.45) is 7.29. The number of nitrogens with two attached hydrogens (primary N) is 1. The normalized spacial score (nSPS) is 15.7. The van der Waals surface area contributed by atoms with Crippen LogP contribution in [0.1, 0.15) is 32.1 Å². The van der Waals surface area contributed by atoms with E-state index >= 15 is 0 Å². The number of nitrogen functional groups attached to an aromatic ring is 1. The fraction of sp³-hybridized carbons (Fsp3) is 0.522. The van der Waals surface area contributed by atoms with Crippen LogP contribution in [0.5, 0.6) is 0 Å². The van der Waals surface area contributed by atoms with Crippen LogP contribution in [0.15, 0.2) is 29.4 Å². The van der Waals surface area contributed by atoms with Crippen molar-refractivity contribution in [3.63, 3.8) is 0 Å². The lowest BCUT2D eigenvalue weighted by Gasteiger charge is -2.30. The van der Waals surface area contributed by atoms with Crippen molar-refractivity contribution in [3.8, 4) is 0 Å². The van der Waals surface area contributed by atoms with E-state index in [0.717, 1.165) is 85.4 Å². The summed E-state index contributed by atoms with van der Waals surface area (Å²) < 4.78 is 7.19. The van der Waals surface area contributed by atoms with Gasteiger partial charge in [-0.2, -0.15) is 0 Å². The number of aromatic nitrogens is 3. The predicted octanol–water partition coefficient (Wildman–Crippen LogP) is 3.94. The van der Waals surface area contributed by atoms with Gasteiger partial charge in [0, 0.05) is 11.9 Å². The smallest absolute Gasteiger partial charge is 0.308 e. The average molecular weight is 442 g/mol. The molecule has 1 aliphatic rings. The first-order chi connectivity index (χ1) is 15.1. The van der Waals surface area contributed by atoms with Crippen molar-refractivity contribution in [2.45, 2.75) is 43.8 Å². The van der Waals surface area contributed by atoms with E-state index in [4.69, 9.17) is 15.5 Å².